The fourth-order valence-corrected chi connectivity index (χ4v) is 0.968. The number of hydrazone groups is 1. The van der Waals surface area contributed by atoms with E-state index in [-0.39, 0.29) is 0 Å². The van der Waals surface area contributed by atoms with E-state index in [4.69, 9.17) is 5.26 Å². The molecule has 0 atom stereocenters. The maximum Gasteiger partial charge on any atom is 0.187 e. The Bertz CT molecular complexity index is 191. The van der Waals surface area contributed by atoms with Gasteiger partial charge in [-0.3, -0.25) is 5.43 Å². The molecule has 0 aliphatic carbocycles. The molecule has 1 heterocycles. The maximum absolute atomic E-state index is 8.59. The third kappa shape index (κ3) is 1.84. The molecule has 4 nitrogen and oxygen atoms in total. The highest BCUT2D eigenvalue weighted by atomic mass is 15.5. The van der Waals surface area contributed by atoms with Crippen molar-refractivity contribution < 1.29 is 0 Å². The number of amidine groups is 1. The Morgan fingerprint density at radius 3 is 3.27 bits per heavy atom. The normalized spacial score (nSPS) is 15.6. The van der Waals surface area contributed by atoms with Crippen LogP contribution in [-0.4, -0.2) is 17.4 Å². The van der Waals surface area contributed by atoms with Gasteiger partial charge in [-0.1, -0.05) is 13.3 Å². The Kier molecular flexibility index (Phi) is 2.73. The summed E-state index contributed by atoms with van der Waals surface area (Å²) in [6, 6.07) is 0. The minimum atomic E-state index is 0.537. The lowest BCUT2D eigenvalue weighted by Crippen LogP contribution is -2.23. The van der Waals surface area contributed by atoms with Crippen molar-refractivity contribution in [3.63, 3.8) is 0 Å². The van der Waals surface area contributed by atoms with Gasteiger partial charge in [-0.15, -0.1) is 0 Å². The topological polar surface area (TPSA) is 51.4 Å². The lowest BCUT2D eigenvalue weighted by atomic mass is 10.2. The van der Waals surface area contributed by atoms with Gasteiger partial charge in [-0.05, 0) is 6.42 Å². The van der Waals surface area contributed by atoms with Gasteiger partial charge < -0.3 is 0 Å². The van der Waals surface area contributed by atoms with Gasteiger partial charge in [0.25, 0.3) is 0 Å². The Labute approximate surface area is 66.5 Å². The van der Waals surface area contributed by atoms with Gasteiger partial charge in [0.05, 0.1) is 0 Å². The van der Waals surface area contributed by atoms with Crippen LogP contribution in [0.2, 0.25) is 0 Å². The minimum absolute atomic E-state index is 0.537. The number of hydrogen-bond donors (Lipinski definition) is 1. The molecule has 0 saturated heterocycles. The molecule has 60 valence electrons. The Balaban J connectivity index is 2.38. The van der Waals surface area contributed by atoms with Crippen molar-refractivity contribution in [3.05, 3.63) is 0 Å². The van der Waals surface area contributed by atoms with Crippen LogP contribution in [0, 0.1) is 11.5 Å². The van der Waals surface area contributed by atoms with Crippen LogP contribution in [0.25, 0.3) is 0 Å². The van der Waals surface area contributed by atoms with Crippen molar-refractivity contribution >= 4 is 5.84 Å². The summed E-state index contributed by atoms with van der Waals surface area (Å²) in [5.74, 6) is 0.870. The molecule has 1 N–H and O–H groups in total. The summed E-state index contributed by atoms with van der Waals surface area (Å²) in [6.07, 6.45) is 5.20. The first kappa shape index (κ1) is 7.86. The summed E-state index contributed by atoms with van der Waals surface area (Å²) >= 11 is 0. The zero-order valence-electron chi connectivity index (χ0n) is 6.67. The van der Waals surface area contributed by atoms with E-state index < -0.39 is 0 Å². The predicted molar refractivity (Wildman–Crippen MR) is 42.4 cm³/mol. The van der Waals surface area contributed by atoms with Gasteiger partial charge in [0.2, 0.25) is 0 Å². The van der Waals surface area contributed by atoms with Crippen molar-refractivity contribution in [2.75, 3.05) is 6.67 Å². The van der Waals surface area contributed by atoms with Gasteiger partial charge >= 0.3 is 0 Å². The van der Waals surface area contributed by atoms with Crippen molar-refractivity contribution in [2.45, 2.75) is 26.2 Å². The highest BCUT2D eigenvalue weighted by Gasteiger charge is 2.14. The van der Waals surface area contributed by atoms with Gasteiger partial charge in [-0.2, -0.15) is 10.4 Å². The first-order valence-corrected chi connectivity index (χ1v) is 3.85. The summed E-state index contributed by atoms with van der Waals surface area (Å²) in [4.78, 5) is 1.58. The molecule has 1 aliphatic rings. The molecule has 0 aromatic carbocycles. The first-order valence-electron chi connectivity index (χ1n) is 3.85. The van der Waals surface area contributed by atoms with E-state index in [1.807, 2.05) is 0 Å². The minimum Gasteiger partial charge on any atom is -0.288 e. The van der Waals surface area contributed by atoms with Crippen molar-refractivity contribution in [2.24, 2.45) is 5.10 Å². The Hall–Kier alpha value is -1.24. The average molecular weight is 152 g/mol. The van der Waals surface area contributed by atoms with Crippen LogP contribution >= 0.6 is 0 Å². The van der Waals surface area contributed by atoms with E-state index in [1.165, 1.54) is 0 Å². The monoisotopic (exact) mass is 152 g/mol. The second-order valence-electron chi connectivity index (χ2n) is 2.48. The molecule has 0 aromatic heterocycles. The maximum atomic E-state index is 8.59. The third-order valence-electron chi connectivity index (χ3n) is 1.62. The molecular formula is C7H12N4. The standard InChI is InChI=1S/C7H12N4/c1-2-3-4-7-10-9-6-11(7)5-8/h9H,2-4,6H2,1H3. The number of hydrogen-bond acceptors (Lipinski definition) is 4. The summed E-state index contributed by atoms with van der Waals surface area (Å²) in [5.41, 5.74) is 2.77. The van der Waals surface area contributed by atoms with Gasteiger partial charge in [0.15, 0.2) is 6.19 Å². The molecule has 11 heavy (non-hydrogen) atoms. The van der Waals surface area contributed by atoms with E-state index in [9.17, 15) is 0 Å². The molecule has 0 bridgehead atoms. The molecule has 0 saturated carbocycles. The molecule has 4 heteroatoms. The zero-order chi connectivity index (χ0) is 8.10. The van der Waals surface area contributed by atoms with Crippen LogP contribution in [0.5, 0.6) is 0 Å². The molecule has 1 rings (SSSR count). The summed E-state index contributed by atoms with van der Waals surface area (Å²) in [5, 5.41) is 12.6. The number of nitrogens with one attached hydrogen (secondary N) is 1. The van der Waals surface area contributed by atoms with Crippen molar-refractivity contribution in [1.29, 1.82) is 5.26 Å². The van der Waals surface area contributed by atoms with Crippen molar-refractivity contribution in [3.8, 4) is 6.19 Å². The zero-order valence-corrected chi connectivity index (χ0v) is 6.67. The molecule has 0 spiro atoms. The second kappa shape index (κ2) is 3.81. The number of unbranched alkanes of at least 4 members (excludes halogenated alkanes) is 1. The summed E-state index contributed by atoms with van der Waals surface area (Å²) in [6.45, 7) is 2.66. The van der Waals surface area contributed by atoms with Gasteiger partial charge in [-0.25, -0.2) is 4.90 Å². The molecule has 0 fully saturated rings. The molecule has 1 aliphatic heterocycles. The average Bonchev–Trinajstić information content (AvgIpc) is 2.47. The summed E-state index contributed by atoms with van der Waals surface area (Å²) < 4.78 is 0. The molecule has 0 unspecified atom stereocenters. The largest absolute Gasteiger partial charge is 0.288 e. The smallest absolute Gasteiger partial charge is 0.187 e. The van der Waals surface area contributed by atoms with E-state index >= 15 is 0 Å². The molecule has 0 amide bonds. The fourth-order valence-electron chi connectivity index (χ4n) is 0.968. The van der Waals surface area contributed by atoms with Crippen LogP contribution in [0.3, 0.4) is 0 Å². The van der Waals surface area contributed by atoms with E-state index in [0.29, 0.717) is 6.67 Å². The fraction of sp³-hybridized carbons (Fsp3) is 0.714. The van der Waals surface area contributed by atoms with Gasteiger partial charge in [0.1, 0.15) is 12.5 Å². The lowest BCUT2D eigenvalue weighted by molar-refractivity contribution is 0.556. The number of nitrogens with zero attached hydrogens (tertiary/aromatic N) is 3. The summed E-state index contributed by atoms with van der Waals surface area (Å²) in [7, 11) is 0. The van der Waals surface area contributed by atoms with Crippen LogP contribution < -0.4 is 5.43 Å². The molecule has 0 radical (unpaired) electrons. The van der Waals surface area contributed by atoms with Crippen LogP contribution in [0.4, 0.5) is 0 Å². The van der Waals surface area contributed by atoms with Gasteiger partial charge in [0, 0.05) is 6.42 Å². The van der Waals surface area contributed by atoms with E-state index in [1.54, 1.807) is 4.90 Å². The van der Waals surface area contributed by atoms with Crippen LogP contribution in [0.1, 0.15) is 26.2 Å². The van der Waals surface area contributed by atoms with E-state index in [0.717, 1.165) is 25.1 Å². The van der Waals surface area contributed by atoms with Crippen molar-refractivity contribution in [1.82, 2.24) is 10.3 Å². The Morgan fingerprint density at radius 2 is 2.64 bits per heavy atom. The first-order chi connectivity index (χ1) is 5.38. The quantitative estimate of drug-likeness (QED) is 0.609. The second-order valence-corrected chi connectivity index (χ2v) is 2.48. The Morgan fingerprint density at radius 1 is 1.82 bits per heavy atom. The lowest BCUT2D eigenvalue weighted by Gasteiger charge is -2.06. The molecular weight excluding hydrogens is 140 g/mol. The highest BCUT2D eigenvalue weighted by Crippen LogP contribution is 2.04. The van der Waals surface area contributed by atoms with E-state index in [2.05, 4.69) is 23.6 Å². The number of rotatable bonds is 3. The highest BCUT2D eigenvalue weighted by molar-refractivity contribution is 5.84. The molecule has 0 aromatic rings. The SMILES string of the molecule is CCCCC1=NNCN1C#N. The predicted octanol–water partition coefficient (Wildman–Crippen LogP) is 0.834. The third-order valence-corrected chi connectivity index (χ3v) is 1.62. The van der Waals surface area contributed by atoms with Crippen LogP contribution in [0.15, 0.2) is 5.10 Å². The van der Waals surface area contributed by atoms with Crippen LogP contribution in [-0.2, 0) is 0 Å². The number of nitriles is 1.